The first-order valence-electron chi connectivity index (χ1n) is 9.39. The summed E-state index contributed by atoms with van der Waals surface area (Å²) in [5.74, 6) is -1.75. The number of thiophene rings is 1. The van der Waals surface area contributed by atoms with Crippen molar-refractivity contribution in [3.8, 4) is 11.1 Å². The Bertz CT molecular complexity index is 1140. The van der Waals surface area contributed by atoms with Gasteiger partial charge in [0.25, 0.3) is 11.8 Å². The lowest BCUT2D eigenvalue weighted by Gasteiger charge is -2.15. The number of aryl methyl sites for hydroxylation is 1. The van der Waals surface area contributed by atoms with E-state index in [1.807, 2.05) is 0 Å². The quantitative estimate of drug-likeness (QED) is 0.448. The largest absolute Gasteiger partial charge is 0.366 e. The lowest BCUT2D eigenvalue weighted by molar-refractivity contribution is -0.116. The van der Waals surface area contributed by atoms with E-state index in [0.29, 0.717) is 32.9 Å². The van der Waals surface area contributed by atoms with Gasteiger partial charge >= 0.3 is 0 Å². The molecule has 0 fully saturated rings. The molecule has 1 heterocycles. The van der Waals surface area contributed by atoms with Crippen molar-refractivity contribution in [1.29, 1.82) is 0 Å². The maximum Gasteiger partial charge on any atom is 0.256 e. The Kier molecular flexibility index (Phi) is 6.78. The van der Waals surface area contributed by atoms with Crippen molar-refractivity contribution in [2.45, 2.75) is 13.3 Å². The van der Waals surface area contributed by atoms with Crippen LogP contribution in [0.1, 0.15) is 32.7 Å². The Morgan fingerprint density at radius 3 is 2.42 bits per heavy atom. The van der Waals surface area contributed by atoms with Crippen molar-refractivity contribution >= 4 is 39.7 Å². The van der Waals surface area contributed by atoms with Gasteiger partial charge in [-0.3, -0.25) is 14.4 Å². The average molecular weight is 441 g/mol. The molecule has 2 aromatic carbocycles. The van der Waals surface area contributed by atoms with Crippen LogP contribution in [0.5, 0.6) is 0 Å². The number of nitrogens with one attached hydrogen (secondary N) is 2. The van der Waals surface area contributed by atoms with Gasteiger partial charge in [-0.25, -0.2) is 4.39 Å². The van der Waals surface area contributed by atoms with Gasteiger partial charge in [-0.1, -0.05) is 12.1 Å². The zero-order chi connectivity index (χ0) is 22.5. The minimum Gasteiger partial charge on any atom is -0.366 e. The Morgan fingerprint density at radius 2 is 1.77 bits per heavy atom. The molecule has 0 saturated heterocycles. The highest BCUT2D eigenvalue weighted by Crippen LogP contribution is 2.32. The van der Waals surface area contributed by atoms with Crippen LogP contribution in [0, 0.1) is 12.7 Å². The van der Waals surface area contributed by atoms with E-state index < -0.39 is 17.6 Å². The predicted octanol–water partition coefficient (Wildman–Crippen LogP) is 3.50. The van der Waals surface area contributed by atoms with E-state index in [2.05, 4.69) is 10.6 Å². The number of carbonyl (C=O) groups excluding carboxylic acids is 3. The first kappa shape index (κ1) is 22.1. The summed E-state index contributed by atoms with van der Waals surface area (Å²) in [5.41, 5.74) is 13.5. The van der Waals surface area contributed by atoms with Crippen molar-refractivity contribution in [2.24, 2.45) is 11.5 Å². The van der Waals surface area contributed by atoms with Gasteiger partial charge in [0.15, 0.2) is 0 Å². The Labute approximate surface area is 182 Å². The summed E-state index contributed by atoms with van der Waals surface area (Å²) in [6.07, 6.45) is 0.144. The SMILES string of the molecule is Cc1cc(F)cc(-c2ccc(C(=O)Nc3sccc3C(N)=O)cc2)c1NC(=O)CCN. The van der Waals surface area contributed by atoms with Crippen LogP contribution >= 0.6 is 11.3 Å². The topological polar surface area (TPSA) is 127 Å². The molecule has 3 aromatic rings. The molecule has 0 unspecified atom stereocenters. The maximum absolute atomic E-state index is 14.1. The molecule has 0 radical (unpaired) electrons. The van der Waals surface area contributed by atoms with Gasteiger partial charge < -0.3 is 22.1 Å². The standard InChI is InChI=1S/C22H21FN4O3S/c1-12-10-15(23)11-17(19(12)26-18(28)6-8-24)13-2-4-14(5-3-13)21(30)27-22-16(20(25)29)7-9-31-22/h2-5,7,9-11H,6,8,24H2,1H3,(H2,25,29)(H,26,28)(H,27,30). The summed E-state index contributed by atoms with van der Waals surface area (Å²) in [4.78, 5) is 36.0. The second-order valence-electron chi connectivity index (χ2n) is 6.79. The molecule has 6 N–H and O–H groups in total. The molecule has 3 rings (SSSR count). The monoisotopic (exact) mass is 440 g/mol. The summed E-state index contributed by atoms with van der Waals surface area (Å²) in [6.45, 7) is 1.90. The minimum absolute atomic E-state index is 0.144. The number of primary amides is 1. The van der Waals surface area contributed by atoms with Crippen LogP contribution in [0.4, 0.5) is 15.1 Å². The molecule has 0 saturated carbocycles. The van der Waals surface area contributed by atoms with Crippen LogP contribution in [-0.4, -0.2) is 24.3 Å². The molecule has 0 spiro atoms. The predicted molar refractivity (Wildman–Crippen MR) is 120 cm³/mol. The van der Waals surface area contributed by atoms with Gasteiger partial charge in [-0.15, -0.1) is 11.3 Å². The third-order valence-corrected chi connectivity index (χ3v) is 5.38. The number of amides is 3. The van der Waals surface area contributed by atoms with E-state index in [9.17, 15) is 18.8 Å². The second-order valence-corrected chi connectivity index (χ2v) is 7.71. The Hall–Kier alpha value is -3.56. The van der Waals surface area contributed by atoms with E-state index in [-0.39, 0.29) is 24.4 Å². The van der Waals surface area contributed by atoms with Gasteiger partial charge in [0.2, 0.25) is 5.91 Å². The molecule has 0 aliphatic rings. The fourth-order valence-corrected chi connectivity index (χ4v) is 3.83. The number of anilines is 2. The van der Waals surface area contributed by atoms with E-state index in [1.165, 1.54) is 23.5 Å². The highest BCUT2D eigenvalue weighted by Gasteiger charge is 2.16. The lowest BCUT2D eigenvalue weighted by Crippen LogP contribution is -2.17. The summed E-state index contributed by atoms with van der Waals surface area (Å²) in [6, 6.07) is 10.7. The molecule has 0 bridgehead atoms. The number of halogens is 1. The van der Waals surface area contributed by atoms with Gasteiger partial charge in [0.1, 0.15) is 10.8 Å². The van der Waals surface area contributed by atoms with E-state index >= 15 is 0 Å². The van der Waals surface area contributed by atoms with Gasteiger partial charge in [-0.2, -0.15) is 0 Å². The third-order valence-electron chi connectivity index (χ3n) is 4.55. The van der Waals surface area contributed by atoms with Crippen LogP contribution in [0.3, 0.4) is 0 Å². The zero-order valence-electron chi connectivity index (χ0n) is 16.7. The molecule has 0 aliphatic carbocycles. The number of carbonyl (C=O) groups is 3. The van der Waals surface area contributed by atoms with Crippen LogP contribution < -0.4 is 22.1 Å². The molecule has 31 heavy (non-hydrogen) atoms. The number of hydrogen-bond acceptors (Lipinski definition) is 5. The fourth-order valence-electron chi connectivity index (χ4n) is 3.05. The smallest absolute Gasteiger partial charge is 0.256 e. The fraction of sp³-hybridized carbons (Fsp3) is 0.136. The van der Waals surface area contributed by atoms with Crippen molar-refractivity contribution in [3.63, 3.8) is 0 Å². The van der Waals surface area contributed by atoms with Gasteiger partial charge in [-0.05, 0) is 53.8 Å². The molecule has 1 aromatic heterocycles. The molecular formula is C22H21FN4O3S. The molecule has 3 amide bonds. The van der Waals surface area contributed by atoms with Crippen LogP contribution in [0.15, 0.2) is 47.8 Å². The molecular weight excluding hydrogens is 419 g/mol. The molecule has 0 aliphatic heterocycles. The van der Waals surface area contributed by atoms with Crippen molar-refractivity contribution in [2.75, 3.05) is 17.2 Å². The molecule has 9 heteroatoms. The Morgan fingerprint density at radius 1 is 1.06 bits per heavy atom. The second kappa shape index (κ2) is 9.50. The first-order valence-corrected chi connectivity index (χ1v) is 10.3. The highest BCUT2D eigenvalue weighted by molar-refractivity contribution is 7.14. The Balaban J connectivity index is 1.87. The third kappa shape index (κ3) is 5.14. The lowest BCUT2D eigenvalue weighted by atomic mass is 9.98. The summed E-state index contributed by atoms with van der Waals surface area (Å²) in [7, 11) is 0. The van der Waals surface area contributed by atoms with Gasteiger partial charge in [0.05, 0.1) is 11.3 Å². The van der Waals surface area contributed by atoms with Crippen LogP contribution in [0.2, 0.25) is 0 Å². The first-order chi connectivity index (χ1) is 14.8. The van der Waals surface area contributed by atoms with Crippen molar-refractivity contribution in [1.82, 2.24) is 0 Å². The van der Waals surface area contributed by atoms with Gasteiger partial charge in [0, 0.05) is 24.1 Å². The van der Waals surface area contributed by atoms with Crippen LogP contribution in [0.25, 0.3) is 11.1 Å². The average Bonchev–Trinajstić information content (AvgIpc) is 3.18. The van der Waals surface area contributed by atoms with Crippen LogP contribution in [-0.2, 0) is 4.79 Å². The normalized spacial score (nSPS) is 10.5. The number of rotatable bonds is 7. The van der Waals surface area contributed by atoms with E-state index in [1.54, 1.807) is 42.6 Å². The van der Waals surface area contributed by atoms with E-state index in [0.717, 1.165) is 0 Å². The van der Waals surface area contributed by atoms with Crippen molar-refractivity contribution in [3.05, 3.63) is 70.4 Å². The minimum atomic E-state index is -0.627. The molecule has 160 valence electrons. The molecule has 0 atom stereocenters. The summed E-state index contributed by atoms with van der Waals surface area (Å²) >= 11 is 1.19. The number of nitrogens with two attached hydrogens (primary N) is 2. The van der Waals surface area contributed by atoms with Crippen molar-refractivity contribution < 1.29 is 18.8 Å². The summed E-state index contributed by atoms with van der Waals surface area (Å²) in [5, 5.41) is 7.48. The maximum atomic E-state index is 14.1. The zero-order valence-corrected chi connectivity index (χ0v) is 17.5. The highest BCUT2D eigenvalue weighted by atomic mass is 32.1. The number of benzene rings is 2. The molecule has 7 nitrogen and oxygen atoms in total. The summed E-state index contributed by atoms with van der Waals surface area (Å²) < 4.78 is 14.1. The van der Waals surface area contributed by atoms with E-state index in [4.69, 9.17) is 11.5 Å². The number of hydrogen-bond donors (Lipinski definition) is 4.